The van der Waals surface area contributed by atoms with Crippen molar-refractivity contribution >= 4 is 66.4 Å². The summed E-state index contributed by atoms with van der Waals surface area (Å²) in [5.74, 6) is -2.46. The van der Waals surface area contributed by atoms with Gasteiger partial charge in [0.05, 0.1) is 33.0 Å². The van der Waals surface area contributed by atoms with E-state index < -0.39 is 73.7 Å². The summed E-state index contributed by atoms with van der Waals surface area (Å²) in [6, 6.07) is 15.0. The Bertz CT molecular complexity index is 2410. The van der Waals surface area contributed by atoms with E-state index in [-0.39, 0.29) is 31.7 Å². The fourth-order valence-electron chi connectivity index (χ4n) is 8.37. The SMILES string of the molecule is CC(C)(C)[C@]12C[C@@H](Oc3nc4ccccc4nc3-c3nc4ccccc4s3)CN1C(=O)[C@@H](OC(N)=O)CCCCC/C=C\[C@@H]1C[C@@]1(C(=O)NS(=O)(=O)C1CC1)NC2=O. The highest BCUT2D eigenvalue weighted by molar-refractivity contribution is 7.91. The number of hydrogen-bond donors (Lipinski definition) is 3. The van der Waals surface area contributed by atoms with Crippen molar-refractivity contribution in [3.05, 3.63) is 60.7 Å². The van der Waals surface area contributed by atoms with E-state index in [1.807, 2.05) is 81.5 Å². The van der Waals surface area contributed by atoms with Gasteiger partial charge in [-0.25, -0.2) is 28.2 Å². The first kappa shape index (κ1) is 39.7. The van der Waals surface area contributed by atoms with Crippen molar-refractivity contribution in [3.8, 4) is 16.6 Å². The smallest absolute Gasteiger partial charge is 0.405 e. The fraction of sp³-hybridized carbons (Fsp3) is 0.488. The molecular formula is C41H47N7O8S2. The lowest BCUT2D eigenvalue weighted by atomic mass is 9.70. The van der Waals surface area contributed by atoms with E-state index in [1.54, 1.807) is 0 Å². The predicted octanol–water partition coefficient (Wildman–Crippen LogP) is 5.14. The van der Waals surface area contributed by atoms with Gasteiger partial charge in [0.1, 0.15) is 22.2 Å². The largest absolute Gasteiger partial charge is 0.471 e. The second-order valence-corrected chi connectivity index (χ2v) is 19.8. The van der Waals surface area contributed by atoms with E-state index in [0.29, 0.717) is 53.8 Å². The molecule has 8 rings (SSSR count). The van der Waals surface area contributed by atoms with Crippen molar-refractivity contribution in [1.82, 2.24) is 29.9 Å². The van der Waals surface area contributed by atoms with Crippen molar-refractivity contribution in [1.29, 1.82) is 0 Å². The van der Waals surface area contributed by atoms with Crippen molar-refractivity contribution in [3.63, 3.8) is 0 Å². The molecule has 4 N–H and O–H groups in total. The Morgan fingerprint density at radius 1 is 0.948 bits per heavy atom. The zero-order valence-corrected chi connectivity index (χ0v) is 34.2. The van der Waals surface area contributed by atoms with Gasteiger partial charge in [-0.1, -0.05) is 63.6 Å². The number of carbonyl (C=O) groups is 4. The summed E-state index contributed by atoms with van der Waals surface area (Å²) in [6.07, 6.45) is 4.32. The molecule has 15 nitrogen and oxygen atoms in total. The molecule has 0 radical (unpaired) electrons. The van der Waals surface area contributed by atoms with Crippen LogP contribution < -0.4 is 20.5 Å². The lowest BCUT2D eigenvalue weighted by Crippen LogP contribution is -2.68. The third kappa shape index (κ3) is 7.38. The molecule has 58 heavy (non-hydrogen) atoms. The number of rotatable bonds is 7. The van der Waals surface area contributed by atoms with Gasteiger partial charge < -0.3 is 25.4 Å². The van der Waals surface area contributed by atoms with Crippen LogP contribution in [0.1, 0.15) is 78.6 Å². The van der Waals surface area contributed by atoms with Gasteiger partial charge in [0.2, 0.25) is 21.8 Å². The summed E-state index contributed by atoms with van der Waals surface area (Å²) < 4.78 is 41.5. The zero-order chi connectivity index (χ0) is 41.0. The molecule has 4 amide bonds. The van der Waals surface area contributed by atoms with E-state index in [2.05, 4.69) is 10.0 Å². The Kier molecular flexibility index (Phi) is 10.2. The van der Waals surface area contributed by atoms with Crippen LogP contribution in [0.4, 0.5) is 4.79 Å². The van der Waals surface area contributed by atoms with Crippen LogP contribution in [0.2, 0.25) is 0 Å². The van der Waals surface area contributed by atoms with Crippen LogP contribution in [-0.4, -0.2) is 87.2 Å². The number of aromatic nitrogens is 3. The number of amides is 4. The van der Waals surface area contributed by atoms with Gasteiger partial charge in [-0.15, -0.1) is 11.3 Å². The van der Waals surface area contributed by atoms with Crippen molar-refractivity contribution in [2.75, 3.05) is 6.54 Å². The van der Waals surface area contributed by atoms with Gasteiger partial charge >= 0.3 is 6.09 Å². The maximum atomic E-state index is 15.3. The predicted molar refractivity (Wildman–Crippen MR) is 217 cm³/mol. The van der Waals surface area contributed by atoms with Gasteiger partial charge in [-0.2, -0.15) is 0 Å². The summed E-state index contributed by atoms with van der Waals surface area (Å²) >= 11 is 1.43. The highest BCUT2D eigenvalue weighted by atomic mass is 32.2. The van der Waals surface area contributed by atoms with Crippen molar-refractivity contribution in [2.45, 2.75) is 107 Å². The molecule has 4 heterocycles. The number of thiazole rings is 1. The molecule has 2 aromatic heterocycles. The Morgan fingerprint density at radius 3 is 2.34 bits per heavy atom. The second-order valence-electron chi connectivity index (χ2n) is 16.8. The highest BCUT2D eigenvalue weighted by Crippen LogP contribution is 2.50. The van der Waals surface area contributed by atoms with Crippen LogP contribution in [0.15, 0.2) is 60.7 Å². The van der Waals surface area contributed by atoms with Gasteiger partial charge in [0.15, 0.2) is 11.8 Å². The van der Waals surface area contributed by atoms with Crippen LogP contribution in [0.3, 0.4) is 0 Å². The standard InChI is InChI=1S/C41H47N7O8S2/c1-39(2,3)41-22-25(55-33-32(43-27-14-9-10-15-28(27)44-33)34-45-29-16-11-12-18-31(29)57-34)23-48(41)35(49)30(56-38(42)52)17-8-6-4-5-7-13-24-21-40(24,46-37(41)51)36(50)47-58(53,54)26-19-20-26/h7,9-16,18,24-26,30H,4-6,8,17,19-23H2,1-3H3,(H2,42,52)(H,46,51)(H,47,50)/b13-7-/t24-,25-,30+,40-,41-/m1/s1. The number of carbonyl (C=O) groups excluding carboxylic acids is 4. The minimum Gasteiger partial charge on any atom is -0.471 e. The van der Waals surface area contributed by atoms with E-state index in [0.717, 1.165) is 16.6 Å². The van der Waals surface area contributed by atoms with Gasteiger partial charge in [-0.05, 0) is 74.6 Å². The van der Waals surface area contributed by atoms with Crippen molar-refractivity contribution < 1.29 is 37.1 Å². The molecule has 306 valence electrons. The first-order chi connectivity index (χ1) is 27.6. The summed E-state index contributed by atoms with van der Waals surface area (Å²) in [4.78, 5) is 72.5. The topological polar surface area (TPSA) is 213 Å². The number of nitrogens with one attached hydrogen (secondary N) is 2. The van der Waals surface area contributed by atoms with Crippen molar-refractivity contribution in [2.24, 2.45) is 17.1 Å². The number of nitrogens with two attached hydrogens (primary N) is 1. The van der Waals surface area contributed by atoms with Crippen LogP contribution in [0.25, 0.3) is 32.0 Å². The molecule has 2 aromatic carbocycles. The molecule has 2 aliphatic heterocycles. The first-order valence-electron chi connectivity index (χ1n) is 19.7. The molecule has 4 aliphatic rings. The van der Waals surface area contributed by atoms with Gasteiger partial charge in [-0.3, -0.25) is 19.1 Å². The molecular weight excluding hydrogens is 783 g/mol. The normalized spacial score (nSPS) is 27.4. The number of para-hydroxylation sites is 3. The summed E-state index contributed by atoms with van der Waals surface area (Å²) in [7, 11) is -3.95. The zero-order valence-electron chi connectivity index (χ0n) is 32.6. The Hall–Kier alpha value is -5.16. The van der Waals surface area contributed by atoms with Crippen LogP contribution in [0.5, 0.6) is 5.88 Å². The van der Waals surface area contributed by atoms with Crippen LogP contribution in [-0.2, 0) is 29.1 Å². The maximum absolute atomic E-state index is 15.3. The average Bonchev–Trinajstić information content (AvgIpc) is 4.06. The minimum atomic E-state index is -3.95. The van der Waals surface area contributed by atoms with Gasteiger partial charge in [0, 0.05) is 12.3 Å². The second kappa shape index (κ2) is 14.9. The number of sulfonamides is 1. The Morgan fingerprint density at radius 2 is 1.66 bits per heavy atom. The minimum absolute atomic E-state index is 0.0657. The van der Waals surface area contributed by atoms with E-state index >= 15 is 4.79 Å². The lowest BCUT2D eigenvalue weighted by molar-refractivity contribution is -0.158. The summed E-state index contributed by atoms with van der Waals surface area (Å²) in [6.45, 7) is 5.30. The number of benzene rings is 2. The van der Waals surface area contributed by atoms with E-state index in [4.69, 9.17) is 30.2 Å². The molecule has 0 bridgehead atoms. The number of primary amides is 1. The molecule has 5 atom stereocenters. The average molecular weight is 830 g/mol. The molecule has 0 spiro atoms. The van der Waals surface area contributed by atoms with Crippen LogP contribution >= 0.6 is 11.3 Å². The first-order valence-corrected chi connectivity index (χ1v) is 22.1. The van der Waals surface area contributed by atoms with E-state index in [1.165, 1.54) is 16.2 Å². The third-order valence-corrected chi connectivity index (χ3v) is 14.6. The number of fused-ring (bicyclic) bond motifs is 4. The third-order valence-electron chi connectivity index (χ3n) is 11.8. The quantitative estimate of drug-likeness (QED) is 0.208. The molecule has 2 saturated carbocycles. The number of hydrogen-bond acceptors (Lipinski definition) is 12. The molecule has 3 fully saturated rings. The van der Waals surface area contributed by atoms with Gasteiger partial charge in [0.25, 0.3) is 11.8 Å². The number of ether oxygens (including phenoxy) is 2. The summed E-state index contributed by atoms with van der Waals surface area (Å²) in [5, 5.41) is 2.90. The Labute approximate surface area is 340 Å². The Balaban J connectivity index is 1.22. The fourth-order valence-corrected chi connectivity index (χ4v) is 10.7. The number of nitrogens with zero attached hydrogens (tertiary/aromatic N) is 4. The van der Waals surface area contributed by atoms with E-state index in [9.17, 15) is 22.8 Å². The molecule has 1 saturated heterocycles. The molecule has 0 unspecified atom stereocenters. The summed E-state index contributed by atoms with van der Waals surface area (Å²) in [5.41, 5.74) is 3.54. The number of allylic oxidation sites excluding steroid dienone is 1. The maximum Gasteiger partial charge on any atom is 0.405 e. The highest BCUT2D eigenvalue weighted by Gasteiger charge is 2.67. The molecule has 2 aliphatic carbocycles. The molecule has 4 aromatic rings. The van der Waals surface area contributed by atoms with Crippen LogP contribution in [0, 0.1) is 11.3 Å². The monoisotopic (exact) mass is 829 g/mol. The molecule has 17 heteroatoms. The lowest BCUT2D eigenvalue weighted by Gasteiger charge is -2.47.